The number of hydrogen-bond acceptors (Lipinski definition) is 4. The highest BCUT2D eigenvalue weighted by molar-refractivity contribution is 7.09. The fraction of sp³-hybridized carbons (Fsp3) is 0.471. The lowest BCUT2D eigenvalue weighted by Gasteiger charge is -2.07. The van der Waals surface area contributed by atoms with E-state index in [4.69, 9.17) is 4.74 Å². The molecule has 2 aromatic rings. The number of aryl methyl sites for hydroxylation is 1. The molecule has 2 unspecified atom stereocenters. The molecule has 21 heavy (non-hydrogen) atoms. The summed E-state index contributed by atoms with van der Waals surface area (Å²) in [7, 11) is 0. The third-order valence-corrected chi connectivity index (χ3v) is 5.00. The fourth-order valence-electron chi connectivity index (χ4n) is 2.65. The predicted octanol–water partition coefficient (Wildman–Crippen LogP) is 3.59. The van der Waals surface area contributed by atoms with Gasteiger partial charge in [0.2, 0.25) is 0 Å². The maximum Gasteiger partial charge on any atom is 0.119 e. The molecule has 4 rings (SSSR count). The summed E-state index contributed by atoms with van der Waals surface area (Å²) >= 11 is 1.69. The number of benzene rings is 1. The molecule has 4 heteroatoms. The Morgan fingerprint density at radius 3 is 2.76 bits per heavy atom. The van der Waals surface area contributed by atoms with Gasteiger partial charge in [0.1, 0.15) is 12.4 Å². The molecular formula is C17H20N2OS. The highest BCUT2D eigenvalue weighted by Gasteiger charge is 2.38. The standard InChI is InChI=1S/C17H20N2OS/c1-12-18-17(11-21-12)14-4-6-16(7-5-14)20-10-15-9-19(15)8-13-2-3-13/h4-7,11,13,15H,2-3,8-10H2,1H3. The van der Waals surface area contributed by atoms with Crippen molar-refractivity contribution in [2.45, 2.75) is 25.8 Å². The van der Waals surface area contributed by atoms with Crippen LogP contribution in [-0.4, -0.2) is 35.6 Å². The van der Waals surface area contributed by atoms with Crippen molar-refractivity contribution in [1.29, 1.82) is 0 Å². The van der Waals surface area contributed by atoms with Gasteiger partial charge in [-0.3, -0.25) is 4.90 Å². The molecule has 110 valence electrons. The van der Waals surface area contributed by atoms with Gasteiger partial charge in [0, 0.05) is 24.0 Å². The first-order valence-corrected chi connectivity index (χ1v) is 8.55. The Morgan fingerprint density at radius 1 is 1.29 bits per heavy atom. The summed E-state index contributed by atoms with van der Waals surface area (Å²) in [5.41, 5.74) is 2.22. The van der Waals surface area contributed by atoms with Crippen LogP contribution in [0.1, 0.15) is 17.8 Å². The molecule has 0 spiro atoms. The maximum absolute atomic E-state index is 5.90. The molecule has 0 radical (unpaired) electrons. The van der Waals surface area contributed by atoms with Crippen LogP contribution in [0.2, 0.25) is 0 Å². The average Bonchev–Trinajstić information content (AvgIpc) is 3.41. The molecule has 0 bridgehead atoms. The van der Waals surface area contributed by atoms with Gasteiger partial charge >= 0.3 is 0 Å². The molecule has 0 amide bonds. The number of thiazole rings is 1. The molecule has 2 fully saturated rings. The van der Waals surface area contributed by atoms with E-state index in [1.807, 2.05) is 6.92 Å². The molecule has 1 saturated carbocycles. The molecule has 1 saturated heterocycles. The summed E-state index contributed by atoms with van der Waals surface area (Å²) in [5, 5.41) is 3.21. The topological polar surface area (TPSA) is 25.1 Å². The number of rotatable bonds is 6. The fourth-order valence-corrected chi connectivity index (χ4v) is 3.27. The molecule has 2 atom stereocenters. The van der Waals surface area contributed by atoms with E-state index in [0.717, 1.165) is 34.5 Å². The second-order valence-corrected chi connectivity index (χ2v) is 7.20. The molecule has 1 aliphatic carbocycles. The van der Waals surface area contributed by atoms with Gasteiger partial charge in [-0.25, -0.2) is 4.98 Å². The van der Waals surface area contributed by atoms with Crippen LogP contribution in [-0.2, 0) is 0 Å². The number of aromatic nitrogens is 1. The lowest BCUT2D eigenvalue weighted by atomic mass is 10.2. The number of ether oxygens (including phenoxy) is 1. The maximum atomic E-state index is 5.90. The van der Waals surface area contributed by atoms with Crippen molar-refractivity contribution < 1.29 is 4.74 Å². The van der Waals surface area contributed by atoms with Crippen molar-refractivity contribution >= 4 is 11.3 Å². The first-order valence-electron chi connectivity index (χ1n) is 7.67. The monoisotopic (exact) mass is 300 g/mol. The van der Waals surface area contributed by atoms with E-state index in [1.54, 1.807) is 11.3 Å². The van der Waals surface area contributed by atoms with Gasteiger partial charge in [-0.1, -0.05) is 0 Å². The molecular weight excluding hydrogens is 280 g/mol. The summed E-state index contributed by atoms with van der Waals surface area (Å²) in [4.78, 5) is 7.04. The van der Waals surface area contributed by atoms with Gasteiger partial charge in [0.15, 0.2) is 0 Å². The van der Waals surface area contributed by atoms with Crippen molar-refractivity contribution in [3.05, 3.63) is 34.7 Å². The van der Waals surface area contributed by atoms with Gasteiger partial charge in [0.25, 0.3) is 0 Å². The van der Waals surface area contributed by atoms with Crippen molar-refractivity contribution in [3.63, 3.8) is 0 Å². The van der Waals surface area contributed by atoms with E-state index >= 15 is 0 Å². The minimum atomic E-state index is 0.645. The van der Waals surface area contributed by atoms with Crippen LogP contribution in [0.5, 0.6) is 5.75 Å². The molecule has 1 aromatic carbocycles. The molecule has 2 heterocycles. The zero-order valence-electron chi connectivity index (χ0n) is 12.3. The van der Waals surface area contributed by atoms with Crippen molar-refractivity contribution in [1.82, 2.24) is 9.88 Å². The number of hydrogen-bond donors (Lipinski definition) is 0. The summed E-state index contributed by atoms with van der Waals surface area (Å²) in [6, 6.07) is 8.94. The zero-order valence-corrected chi connectivity index (χ0v) is 13.1. The van der Waals surface area contributed by atoms with Crippen LogP contribution in [0.25, 0.3) is 11.3 Å². The minimum Gasteiger partial charge on any atom is -0.492 e. The van der Waals surface area contributed by atoms with E-state index < -0.39 is 0 Å². The van der Waals surface area contributed by atoms with Crippen molar-refractivity contribution in [3.8, 4) is 17.0 Å². The largest absolute Gasteiger partial charge is 0.492 e. The first-order chi connectivity index (χ1) is 10.3. The van der Waals surface area contributed by atoms with E-state index in [9.17, 15) is 0 Å². The van der Waals surface area contributed by atoms with Crippen LogP contribution >= 0.6 is 11.3 Å². The second-order valence-electron chi connectivity index (χ2n) is 6.14. The highest BCUT2D eigenvalue weighted by atomic mass is 32.1. The Balaban J connectivity index is 1.30. The summed E-state index contributed by atoms with van der Waals surface area (Å²) < 4.78 is 5.90. The molecule has 2 aliphatic rings. The predicted molar refractivity (Wildman–Crippen MR) is 85.9 cm³/mol. The first kappa shape index (κ1) is 13.3. The summed E-state index contributed by atoms with van der Waals surface area (Å²) in [6.07, 6.45) is 2.86. The van der Waals surface area contributed by atoms with Crippen LogP contribution in [0.3, 0.4) is 0 Å². The Kier molecular flexibility index (Phi) is 3.43. The minimum absolute atomic E-state index is 0.645. The van der Waals surface area contributed by atoms with Crippen LogP contribution in [0.4, 0.5) is 0 Å². The van der Waals surface area contributed by atoms with Crippen LogP contribution in [0.15, 0.2) is 29.6 Å². The van der Waals surface area contributed by atoms with Gasteiger partial charge in [-0.2, -0.15) is 0 Å². The summed E-state index contributed by atoms with van der Waals surface area (Å²) in [5.74, 6) is 1.94. The molecule has 3 nitrogen and oxygen atoms in total. The Morgan fingerprint density at radius 2 is 2.10 bits per heavy atom. The van der Waals surface area contributed by atoms with E-state index in [1.165, 1.54) is 25.9 Å². The van der Waals surface area contributed by atoms with E-state index in [-0.39, 0.29) is 0 Å². The van der Waals surface area contributed by atoms with Gasteiger partial charge in [0.05, 0.1) is 16.7 Å². The third-order valence-electron chi connectivity index (χ3n) is 4.23. The van der Waals surface area contributed by atoms with Crippen LogP contribution < -0.4 is 4.74 Å². The van der Waals surface area contributed by atoms with Crippen molar-refractivity contribution in [2.24, 2.45) is 5.92 Å². The van der Waals surface area contributed by atoms with E-state index in [0.29, 0.717) is 6.04 Å². The van der Waals surface area contributed by atoms with Crippen molar-refractivity contribution in [2.75, 3.05) is 19.7 Å². The second kappa shape index (κ2) is 5.43. The van der Waals surface area contributed by atoms with Gasteiger partial charge in [-0.15, -0.1) is 11.3 Å². The highest BCUT2D eigenvalue weighted by Crippen LogP contribution is 2.33. The smallest absolute Gasteiger partial charge is 0.119 e. The number of nitrogens with zero attached hydrogens (tertiary/aromatic N) is 2. The lowest BCUT2D eigenvalue weighted by Crippen LogP contribution is -2.12. The SMILES string of the molecule is Cc1nc(-c2ccc(OCC3CN3CC3CC3)cc2)cs1. The average molecular weight is 300 g/mol. The van der Waals surface area contributed by atoms with Crippen LogP contribution in [0, 0.1) is 12.8 Å². The Bertz CT molecular complexity index is 618. The van der Waals surface area contributed by atoms with E-state index in [2.05, 4.69) is 39.5 Å². The Hall–Kier alpha value is -1.39. The van der Waals surface area contributed by atoms with Gasteiger partial charge < -0.3 is 4.74 Å². The zero-order chi connectivity index (χ0) is 14.2. The van der Waals surface area contributed by atoms with Gasteiger partial charge in [-0.05, 0) is 49.9 Å². The normalized spacial score (nSPS) is 24.0. The molecule has 0 N–H and O–H groups in total. The third kappa shape index (κ3) is 3.27. The quantitative estimate of drug-likeness (QED) is 0.762. The summed E-state index contributed by atoms with van der Waals surface area (Å²) in [6.45, 7) is 5.36. The lowest BCUT2D eigenvalue weighted by molar-refractivity contribution is 0.292. The molecule has 1 aliphatic heterocycles. The Labute approximate surface area is 129 Å². The molecule has 1 aromatic heterocycles.